The minimum atomic E-state index is -0.0304. The Bertz CT molecular complexity index is 937. The Hall–Kier alpha value is -2.12. The van der Waals surface area contributed by atoms with Gasteiger partial charge in [0.25, 0.3) is 0 Å². The summed E-state index contributed by atoms with van der Waals surface area (Å²) >= 11 is 3.07. The number of thioether (sulfide) groups is 1. The van der Waals surface area contributed by atoms with Gasteiger partial charge in [0.2, 0.25) is 0 Å². The van der Waals surface area contributed by atoms with Crippen LogP contribution in [0.5, 0.6) is 11.5 Å². The number of hydrogen-bond donors (Lipinski definition) is 0. The molecule has 0 aliphatic rings. The van der Waals surface area contributed by atoms with Gasteiger partial charge in [-0.2, -0.15) is 0 Å². The van der Waals surface area contributed by atoms with E-state index in [1.807, 2.05) is 0 Å². The second-order valence-corrected chi connectivity index (χ2v) is 7.59. The number of fused-ring (bicyclic) bond motifs is 1. The molecule has 0 aliphatic carbocycles. The van der Waals surface area contributed by atoms with Gasteiger partial charge in [-0.1, -0.05) is 11.8 Å². The summed E-state index contributed by atoms with van der Waals surface area (Å²) in [4.78, 5) is 23.6. The molecule has 0 amide bonds. The van der Waals surface area contributed by atoms with Crippen LogP contribution in [0.4, 0.5) is 0 Å². The predicted octanol–water partition coefficient (Wildman–Crippen LogP) is 4.30. The van der Waals surface area contributed by atoms with E-state index in [1.165, 1.54) is 22.2 Å². The van der Waals surface area contributed by atoms with Crippen molar-refractivity contribution in [2.45, 2.75) is 18.9 Å². The molecular formula is C18H18N2O3S2. The van der Waals surface area contributed by atoms with Crippen molar-refractivity contribution in [1.29, 1.82) is 0 Å². The monoisotopic (exact) mass is 374 g/mol. The minimum Gasteiger partial charge on any atom is -0.497 e. The molecule has 130 valence electrons. The minimum absolute atomic E-state index is 0.0304. The van der Waals surface area contributed by atoms with Gasteiger partial charge in [-0.25, -0.2) is 9.97 Å². The van der Waals surface area contributed by atoms with Gasteiger partial charge in [-0.15, -0.1) is 11.3 Å². The first kappa shape index (κ1) is 17.7. The van der Waals surface area contributed by atoms with Crippen LogP contribution in [0.15, 0.2) is 29.6 Å². The second-order valence-electron chi connectivity index (χ2n) is 5.42. The lowest BCUT2D eigenvalue weighted by atomic mass is 10.1. The number of aryl methyl sites for hydroxylation is 2. The number of ether oxygens (including phenoxy) is 2. The quantitative estimate of drug-likeness (QED) is 0.364. The van der Waals surface area contributed by atoms with Crippen LogP contribution in [-0.2, 0) is 0 Å². The van der Waals surface area contributed by atoms with E-state index < -0.39 is 0 Å². The van der Waals surface area contributed by atoms with E-state index in [1.54, 1.807) is 50.1 Å². The maximum atomic E-state index is 12.7. The molecule has 0 spiro atoms. The Kier molecular flexibility index (Phi) is 5.24. The molecule has 0 N–H and O–H groups in total. The smallest absolute Gasteiger partial charge is 0.176 e. The van der Waals surface area contributed by atoms with Crippen LogP contribution in [0.2, 0.25) is 0 Å². The molecule has 0 saturated heterocycles. The second kappa shape index (κ2) is 7.41. The van der Waals surface area contributed by atoms with Gasteiger partial charge in [-0.3, -0.25) is 4.79 Å². The third kappa shape index (κ3) is 3.48. The number of Topliss-reactive ketones (excluding diaryl/α,β-unsaturated/α-hetero) is 1. The third-order valence-electron chi connectivity index (χ3n) is 3.98. The van der Waals surface area contributed by atoms with Crippen molar-refractivity contribution in [2.24, 2.45) is 0 Å². The summed E-state index contributed by atoms with van der Waals surface area (Å²) in [6.07, 6.45) is 1.55. The highest BCUT2D eigenvalue weighted by Crippen LogP contribution is 2.35. The van der Waals surface area contributed by atoms with Crippen molar-refractivity contribution in [2.75, 3.05) is 20.0 Å². The lowest BCUT2D eigenvalue weighted by molar-refractivity contribution is 0.101. The molecule has 0 atom stereocenters. The predicted molar refractivity (Wildman–Crippen MR) is 101 cm³/mol. The molecule has 2 heterocycles. The summed E-state index contributed by atoms with van der Waals surface area (Å²) in [6, 6.07) is 5.22. The van der Waals surface area contributed by atoms with E-state index >= 15 is 0 Å². The molecule has 3 rings (SSSR count). The molecule has 3 aromatic rings. The molecular weight excluding hydrogens is 356 g/mol. The molecule has 7 heteroatoms. The number of rotatable bonds is 6. The number of carbonyl (C=O) groups excluding carboxylic acids is 1. The summed E-state index contributed by atoms with van der Waals surface area (Å²) in [5, 5.41) is 1.88. The maximum Gasteiger partial charge on any atom is 0.176 e. The van der Waals surface area contributed by atoms with Crippen molar-refractivity contribution >= 4 is 39.1 Å². The van der Waals surface area contributed by atoms with Crippen LogP contribution in [0.1, 0.15) is 20.8 Å². The first-order valence-electron chi connectivity index (χ1n) is 7.64. The maximum absolute atomic E-state index is 12.7. The molecule has 5 nitrogen and oxygen atoms in total. The summed E-state index contributed by atoms with van der Waals surface area (Å²) in [5.41, 5.74) is 1.69. The number of nitrogens with zero attached hydrogens (tertiary/aromatic N) is 2. The van der Waals surface area contributed by atoms with Gasteiger partial charge in [0, 0.05) is 10.3 Å². The number of aromatic nitrogens is 2. The first-order chi connectivity index (χ1) is 12.0. The van der Waals surface area contributed by atoms with E-state index in [2.05, 4.69) is 23.8 Å². The van der Waals surface area contributed by atoms with Gasteiger partial charge in [-0.05, 0) is 37.6 Å². The average molecular weight is 374 g/mol. The highest BCUT2D eigenvalue weighted by Gasteiger charge is 2.17. The van der Waals surface area contributed by atoms with E-state index in [0.29, 0.717) is 17.1 Å². The van der Waals surface area contributed by atoms with Crippen molar-refractivity contribution in [3.8, 4) is 11.5 Å². The fourth-order valence-corrected chi connectivity index (χ4v) is 4.50. The van der Waals surface area contributed by atoms with Crippen LogP contribution >= 0.6 is 23.1 Å². The van der Waals surface area contributed by atoms with Gasteiger partial charge < -0.3 is 9.47 Å². The number of carbonyl (C=O) groups is 1. The zero-order valence-electron chi connectivity index (χ0n) is 14.5. The highest BCUT2D eigenvalue weighted by atomic mass is 32.2. The van der Waals surface area contributed by atoms with Crippen LogP contribution in [0.3, 0.4) is 0 Å². The van der Waals surface area contributed by atoms with Crippen LogP contribution in [-0.4, -0.2) is 35.7 Å². The molecule has 0 unspecified atom stereocenters. The Morgan fingerprint density at radius 3 is 2.72 bits per heavy atom. The Morgan fingerprint density at radius 1 is 1.20 bits per heavy atom. The molecule has 0 saturated carbocycles. The van der Waals surface area contributed by atoms with E-state index in [0.717, 1.165) is 15.2 Å². The number of benzene rings is 1. The molecule has 0 fully saturated rings. The van der Waals surface area contributed by atoms with E-state index in [-0.39, 0.29) is 11.5 Å². The van der Waals surface area contributed by atoms with Gasteiger partial charge in [0.1, 0.15) is 27.7 Å². The number of thiophene rings is 1. The molecule has 0 bridgehead atoms. The van der Waals surface area contributed by atoms with Crippen molar-refractivity contribution < 1.29 is 14.3 Å². The molecule has 1 aromatic carbocycles. The van der Waals surface area contributed by atoms with Gasteiger partial charge in [0.05, 0.1) is 25.5 Å². The topological polar surface area (TPSA) is 61.3 Å². The number of methoxy groups -OCH3 is 2. The summed E-state index contributed by atoms with van der Waals surface area (Å²) < 4.78 is 10.5. The Balaban J connectivity index is 1.86. The zero-order valence-corrected chi connectivity index (χ0v) is 16.1. The van der Waals surface area contributed by atoms with Crippen molar-refractivity contribution in [1.82, 2.24) is 9.97 Å². The largest absolute Gasteiger partial charge is 0.497 e. The SMILES string of the molecule is COc1ccc(OC)c(C(=O)CSc2ncnc3sc(C)c(C)c23)c1. The zero-order chi connectivity index (χ0) is 18.0. The van der Waals surface area contributed by atoms with Crippen LogP contribution < -0.4 is 9.47 Å². The van der Waals surface area contributed by atoms with Gasteiger partial charge >= 0.3 is 0 Å². The fraction of sp³-hybridized carbons (Fsp3) is 0.278. The Morgan fingerprint density at radius 2 is 2.00 bits per heavy atom. The first-order valence-corrected chi connectivity index (χ1v) is 9.44. The van der Waals surface area contributed by atoms with Gasteiger partial charge in [0.15, 0.2) is 5.78 Å². The van der Waals surface area contributed by atoms with Crippen molar-refractivity contribution in [3.05, 3.63) is 40.5 Å². The van der Waals surface area contributed by atoms with Crippen molar-refractivity contribution in [3.63, 3.8) is 0 Å². The lowest BCUT2D eigenvalue weighted by Gasteiger charge is -2.09. The molecule has 0 radical (unpaired) electrons. The Labute approximate surface area is 154 Å². The fourth-order valence-electron chi connectivity index (χ4n) is 2.50. The standard InChI is InChI=1S/C18H18N2O3S2/c1-10-11(2)25-18-16(10)17(19-9-20-18)24-8-14(21)13-7-12(22-3)5-6-15(13)23-4/h5-7,9H,8H2,1-4H3. The molecule has 25 heavy (non-hydrogen) atoms. The number of ketones is 1. The summed E-state index contributed by atoms with van der Waals surface area (Å²) in [6.45, 7) is 4.14. The highest BCUT2D eigenvalue weighted by molar-refractivity contribution is 8.00. The summed E-state index contributed by atoms with van der Waals surface area (Å²) in [7, 11) is 3.13. The van der Waals surface area contributed by atoms with Crippen LogP contribution in [0.25, 0.3) is 10.2 Å². The normalized spacial score (nSPS) is 10.9. The summed E-state index contributed by atoms with van der Waals surface area (Å²) in [5.74, 6) is 1.41. The average Bonchev–Trinajstić information content (AvgIpc) is 2.93. The molecule has 2 aromatic heterocycles. The number of hydrogen-bond acceptors (Lipinski definition) is 7. The molecule has 0 aliphatic heterocycles. The third-order valence-corrected chi connectivity index (χ3v) is 6.08. The lowest BCUT2D eigenvalue weighted by Crippen LogP contribution is -2.06. The van der Waals surface area contributed by atoms with Crippen LogP contribution in [0, 0.1) is 13.8 Å². The van der Waals surface area contributed by atoms with E-state index in [9.17, 15) is 4.79 Å². The van der Waals surface area contributed by atoms with E-state index in [4.69, 9.17) is 9.47 Å².